The number of rotatable bonds is 7. The smallest absolute Gasteiger partial charge is 0.339 e. The van der Waals surface area contributed by atoms with Crippen molar-refractivity contribution in [1.82, 2.24) is 0 Å². The van der Waals surface area contributed by atoms with Gasteiger partial charge in [0.25, 0.3) is 0 Å². The molecule has 3 rings (SSSR count). The van der Waals surface area contributed by atoms with E-state index in [-0.39, 0.29) is 24.5 Å². The third-order valence-corrected chi connectivity index (χ3v) is 4.38. The van der Waals surface area contributed by atoms with E-state index in [0.29, 0.717) is 10.8 Å². The highest BCUT2D eigenvalue weighted by molar-refractivity contribution is 6.31. The number of carboxylic acid groups (broad SMARTS) is 1. The van der Waals surface area contributed by atoms with E-state index in [0.717, 1.165) is 16.7 Å². The molecule has 0 amide bonds. The lowest BCUT2D eigenvalue weighted by Crippen LogP contribution is -2.06. The summed E-state index contributed by atoms with van der Waals surface area (Å²) in [7, 11) is 0. The molecule has 27 heavy (non-hydrogen) atoms. The molecule has 0 atom stereocenters. The molecule has 4 nitrogen and oxygen atoms in total. The largest absolute Gasteiger partial charge is 0.485 e. The van der Waals surface area contributed by atoms with Crippen molar-refractivity contribution in [1.29, 1.82) is 0 Å². The predicted octanol–water partition coefficient (Wildman–Crippen LogP) is 5.50. The number of aryl methyl sites for hydroxylation is 1. The first kappa shape index (κ1) is 18.8. The molecular weight excluding hydrogens is 364 g/mol. The molecule has 0 saturated heterocycles. The normalized spacial score (nSPS) is 10.4. The van der Waals surface area contributed by atoms with Crippen molar-refractivity contribution < 1.29 is 19.4 Å². The van der Waals surface area contributed by atoms with Crippen LogP contribution in [0.5, 0.6) is 11.5 Å². The lowest BCUT2D eigenvalue weighted by atomic mass is 10.1. The Hall–Kier alpha value is -2.98. The lowest BCUT2D eigenvalue weighted by molar-refractivity contribution is 0.0690. The molecule has 138 valence electrons. The van der Waals surface area contributed by atoms with Crippen LogP contribution >= 0.6 is 11.6 Å². The molecule has 3 aromatic carbocycles. The van der Waals surface area contributed by atoms with E-state index in [9.17, 15) is 9.90 Å². The Labute approximate surface area is 162 Å². The minimum atomic E-state index is -1.07. The molecular formula is C22H19ClO4. The van der Waals surface area contributed by atoms with Gasteiger partial charge >= 0.3 is 5.97 Å². The van der Waals surface area contributed by atoms with Gasteiger partial charge in [-0.05, 0) is 36.2 Å². The van der Waals surface area contributed by atoms with Crippen LogP contribution in [0.1, 0.15) is 27.0 Å². The average Bonchev–Trinajstić information content (AvgIpc) is 2.66. The molecule has 5 heteroatoms. The van der Waals surface area contributed by atoms with Crippen LogP contribution in [-0.2, 0) is 13.2 Å². The van der Waals surface area contributed by atoms with Crippen molar-refractivity contribution >= 4 is 17.6 Å². The van der Waals surface area contributed by atoms with Crippen LogP contribution in [0.4, 0.5) is 0 Å². The molecule has 0 bridgehead atoms. The van der Waals surface area contributed by atoms with Crippen LogP contribution in [0.3, 0.4) is 0 Å². The van der Waals surface area contributed by atoms with Gasteiger partial charge in [0.2, 0.25) is 0 Å². The van der Waals surface area contributed by atoms with E-state index in [1.54, 1.807) is 12.1 Å². The second-order valence-corrected chi connectivity index (χ2v) is 6.50. The van der Waals surface area contributed by atoms with Crippen LogP contribution < -0.4 is 9.47 Å². The van der Waals surface area contributed by atoms with Crippen molar-refractivity contribution in [2.45, 2.75) is 20.1 Å². The highest BCUT2D eigenvalue weighted by Crippen LogP contribution is 2.33. The molecule has 0 aromatic heterocycles. The van der Waals surface area contributed by atoms with E-state index < -0.39 is 5.97 Å². The fraction of sp³-hybridized carbons (Fsp3) is 0.136. The van der Waals surface area contributed by atoms with E-state index >= 15 is 0 Å². The van der Waals surface area contributed by atoms with Gasteiger partial charge in [0.15, 0.2) is 11.5 Å². The number of halogens is 1. The van der Waals surface area contributed by atoms with Crippen LogP contribution in [0.2, 0.25) is 5.02 Å². The summed E-state index contributed by atoms with van der Waals surface area (Å²) in [6.45, 7) is 2.42. The number of ether oxygens (including phenoxy) is 2. The molecule has 0 aliphatic rings. The first-order valence-corrected chi connectivity index (χ1v) is 8.83. The third-order valence-electron chi connectivity index (χ3n) is 4.03. The molecule has 1 N–H and O–H groups in total. The summed E-state index contributed by atoms with van der Waals surface area (Å²) in [6, 6.07) is 20.1. The summed E-state index contributed by atoms with van der Waals surface area (Å²) in [4.78, 5) is 11.6. The number of hydrogen-bond donors (Lipinski definition) is 1. The fourth-order valence-corrected chi connectivity index (χ4v) is 2.89. The summed E-state index contributed by atoms with van der Waals surface area (Å²) < 4.78 is 11.7. The summed E-state index contributed by atoms with van der Waals surface area (Å²) in [6.07, 6.45) is 0. The zero-order chi connectivity index (χ0) is 19.2. The van der Waals surface area contributed by atoms with Gasteiger partial charge in [-0.1, -0.05) is 60.1 Å². The first-order valence-electron chi connectivity index (χ1n) is 8.45. The Morgan fingerprint density at radius 3 is 2.44 bits per heavy atom. The maximum Gasteiger partial charge on any atom is 0.339 e. The maximum absolute atomic E-state index is 11.6. The highest BCUT2D eigenvalue weighted by Gasteiger charge is 2.17. The quantitative estimate of drug-likeness (QED) is 0.585. The van der Waals surface area contributed by atoms with Gasteiger partial charge in [-0.3, -0.25) is 0 Å². The van der Waals surface area contributed by atoms with Crippen molar-refractivity contribution in [2.24, 2.45) is 0 Å². The summed E-state index contributed by atoms with van der Waals surface area (Å²) in [5.74, 6) is -0.503. The fourth-order valence-electron chi connectivity index (χ4n) is 2.60. The molecule has 0 fully saturated rings. The van der Waals surface area contributed by atoms with Crippen LogP contribution in [0.15, 0.2) is 66.7 Å². The van der Waals surface area contributed by atoms with E-state index in [1.807, 2.05) is 55.5 Å². The van der Waals surface area contributed by atoms with Crippen LogP contribution in [-0.4, -0.2) is 11.1 Å². The molecule has 0 heterocycles. The Bertz CT molecular complexity index is 938. The maximum atomic E-state index is 11.6. The number of benzene rings is 3. The third kappa shape index (κ3) is 4.80. The number of hydrogen-bond acceptors (Lipinski definition) is 3. The molecule has 0 radical (unpaired) electrons. The summed E-state index contributed by atoms with van der Waals surface area (Å²) >= 11 is 6.25. The second-order valence-electron chi connectivity index (χ2n) is 6.10. The van der Waals surface area contributed by atoms with Crippen LogP contribution in [0, 0.1) is 6.92 Å². The van der Waals surface area contributed by atoms with Gasteiger partial charge < -0.3 is 14.6 Å². The number of carbonyl (C=O) groups is 1. The SMILES string of the molecule is Cc1ccc(COc2cccc(C(=O)O)c2OCc2ccccc2)c(Cl)c1. The van der Waals surface area contributed by atoms with Crippen molar-refractivity contribution in [3.8, 4) is 11.5 Å². The minimum Gasteiger partial charge on any atom is -0.485 e. The zero-order valence-corrected chi connectivity index (χ0v) is 15.6. The van der Waals surface area contributed by atoms with Gasteiger partial charge in [-0.25, -0.2) is 4.79 Å². The highest BCUT2D eigenvalue weighted by atomic mass is 35.5. The Morgan fingerprint density at radius 1 is 0.963 bits per heavy atom. The molecule has 0 spiro atoms. The second kappa shape index (κ2) is 8.60. The standard InChI is InChI=1S/C22H19ClO4/c1-15-10-11-17(19(23)12-15)14-26-20-9-5-8-18(22(24)25)21(20)27-13-16-6-3-2-4-7-16/h2-12H,13-14H2,1H3,(H,24,25). The molecule has 0 saturated carbocycles. The van der Waals surface area contributed by atoms with E-state index in [2.05, 4.69) is 0 Å². The number of aromatic carboxylic acids is 1. The monoisotopic (exact) mass is 382 g/mol. The lowest BCUT2D eigenvalue weighted by Gasteiger charge is -2.15. The topological polar surface area (TPSA) is 55.8 Å². The van der Waals surface area contributed by atoms with Crippen molar-refractivity contribution in [3.05, 3.63) is 94.0 Å². The predicted molar refractivity (Wildman–Crippen MR) is 105 cm³/mol. The molecule has 0 aliphatic heterocycles. The number of para-hydroxylation sites is 1. The van der Waals surface area contributed by atoms with Crippen LogP contribution in [0.25, 0.3) is 0 Å². The molecule has 0 aliphatic carbocycles. The summed E-state index contributed by atoms with van der Waals surface area (Å²) in [5.41, 5.74) is 2.86. The van der Waals surface area contributed by atoms with Gasteiger partial charge in [0, 0.05) is 10.6 Å². The Morgan fingerprint density at radius 2 is 1.74 bits per heavy atom. The molecule has 0 unspecified atom stereocenters. The van der Waals surface area contributed by atoms with E-state index in [4.69, 9.17) is 21.1 Å². The van der Waals surface area contributed by atoms with Crippen molar-refractivity contribution in [2.75, 3.05) is 0 Å². The van der Waals surface area contributed by atoms with Gasteiger partial charge in [0.1, 0.15) is 18.8 Å². The van der Waals surface area contributed by atoms with E-state index in [1.165, 1.54) is 6.07 Å². The minimum absolute atomic E-state index is 0.0541. The zero-order valence-electron chi connectivity index (χ0n) is 14.8. The van der Waals surface area contributed by atoms with Gasteiger partial charge in [-0.2, -0.15) is 0 Å². The molecule has 3 aromatic rings. The Kier molecular flexibility index (Phi) is 5.99. The van der Waals surface area contributed by atoms with Gasteiger partial charge in [-0.15, -0.1) is 0 Å². The van der Waals surface area contributed by atoms with Crippen molar-refractivity contribution in [3.63, 3.8) is 0 Å². The number of carboxylic acids is 1. The first-order chi connectivity index (χ1) is 13.0. The summed E-state index contributed by atoms with van der Waals surface area (Å²) in [5, 5.41) is 10.1. The average molecular weight is 383 g/mol. The Balaban J connectivity index is 1.83. The van der Waals surface area contributed by atoms with Gasteiger partial charge in [0.05, 0.1) is 0 Å².